The Morgan fingerprint density at radius 1 is 1.33 bits per heavy atom. The highest BCUT2D eigenvalue weighted by Gasteiger charge is 2.41. The number of rotatable bonds is 4. The van der Waals surface area contributed by atoms with Crippen LogP contribution in [0.2, 0.25) is 0 Å². The summed E-state index contributed by atoms with van der Waals surface area (Å²) in [6.07, 6.45) is -3.45. The van der Waals surface area contributed by atoms with Gasteiger partial charge in [0.2, 0.25) is 5.91 Å². The number of piperidine rings is 1. The van der Waals surface area contributed by atoms with Crippen LogP contribution in [-0.4, -0.2) is 54.6 Å². The van der Waals surface area contributed by atoms with Gasteiger partial charge < -0.3 is 4.90 Å². The van der Waals surface area contributed by atoms with E-state index in [1.54, 1.807) is 9.80 Å². The fraction of sp³-hybridized carbons (Fsp3) is 0.917. The van der Waals surface area contributed by atoms with Crippen molar-refractivity contribution in [2.75, 3.05) is 32.7 Å². The lowest BCUT2D eigenvalue weighted by Crippen LogP contribution is -2.46. The third kappa shape index (κ3) is 4.15. The summed E-state index contributed by atoms with van der Waals surface area (Å²) in [4.78, 5) is 15.1. The van der Waals surface area contributed by atoms with Gasteiger partial charge in [-0.1, -0.05) is 0 Å². The van der Waals surface area contributed by atoms with Gasteiger partial charge in [-0.05, 0) is 33.2 Å². The van der Waals surface area contributed by atoms with Crippen molar-refractivity contribution in [2.24, 2.45) is 5.92 Å². The number of likely N-dealkylation sites (N-methyl/N-ethyl adjacent to an activating group) is 1. The van der Waals surface area contributed by atoms with E-state index >= 15 is 0 Å². The van der Waals surface area contributed by atoms with Gasteiger partial charge in [0.25, 0.3) is 0 Å². The number of hydrogen-bond donors (Lipinski definition) is 0. The minimum atomic E-state index is -4.14. The molecule has 1 saturated heterocycles. The van der Waals surface area contributed by atoms with Gasteiger partial charge in [-0.2, -0.15) is 13.2 Å². The molecule has 0 aliphatic carbocycles. The lowest BCUT2D eigenvalue weighted by Gasteiger charge is -2.34. The van der Waals surface area contributed by atoms with Crippen molar-refractivity contribution < 1.29 is 18.0 Å². The summed E-state index contributed by atoms with van der Waals surface area (Å²) < 4.78 is 37.9. The van der Waals surface area contributed by atoms with Crippen molar-refractivity contribution in [1.82, 2.24) is 9.80 Å². The first-order valence-corrected chi connectivity index (χ1v) is 6.45. The highest BCUT2D eigenvalue weighted by atomic mass is 19.4. The SMILES string of the molecule is CCN(CC)C(=O)CN1CCC[C@H](C(F)(F)F)C1. The first kappa shape index (κ1) is 15.3. The van der Waals surface area contributed by atoms with Crippen LogP contribution in [0, 0.1) is 5.92 Å². The monoisotopic (exact) mass is 266 g/mol. The van der Waals surface area contributed by atoms with E-state index in [-0.39, 0.29) is 25.4 Å². The van der Waals surface area contributed by atoms with Crippen LogP contribution in [0.25, 0.3) is 0 Å². The summed E-state index contributed by atoms with van der Waals surface area (Å²) in [5.74, 6) is -1.36. The molecule has 0 radical (unpaired) electrons. The number of likely N-dealkylation sites (tertiary alicyclic amines) is 1. The number of alkyl halides is 3. The van der Waals surface area contributed by atoms with E-state index in [2.05, 4.69) is 0 Å². The summed E-state index contributed by atoms with van der Waals surface area (Å²) >= 11 is 0. The zero-order valence-electron chi connectivity index (χ0n) is 11.0. The first-order valence-electron chi connectivity index (χ1n) is 6.45. The molecule has 0 saturated carbocycles. The van der Waals surface area contributed by atoms with Crippen molar-refractivity contribution in [1.29, 1.82) is 0 Å². The molecular formula is C12H21F3N2O. The number of carbonyl (C=O) groups is 1. The smallest absolute Gasteiger partial charge is 0.342 e. The molecule has 1 atom stereocenters. The summed E-state index contributed by atoms with van der Waals surface area (Å²) in [7, 11) is 0. The predicted octanol–water partition coefficient (Wildman–Crippen LogP) is 2.13. The Bertz CT molecular complexity index is 277. The van der Waals surface area contributed by atoms with Gasteiger partial charge in [0.05, 0.1) is 12.5 Å². The van der Waals surface area contributed by atoms with E-state index in [0.29, 0.717) is 26.1 Å². The second-order valence-electron chi connectivity index (χ2n) is 4.68. The fourth-order valence-corrected chi connectivity index (χ4v) is 2.33. The molecule has 0 aromatic rings. The van der Waals surface area contributed by atoms with E-state index in [9.17, 15) is 18.0 Å². The minimum Gasteiger partial charge on any atom is -0.342 e. The molecule has 0 aromatic carbocycles. The molecule has 1 aliphatic rings. The van der Waals surface area contributed by atoms with Crippen LogP contribution in [0.4, 0.5) is 13.2 Å². The molecule has 106 valence electrons. The maximum atomic E-state index is 12.6. The molecule has 6 heteroatoms. The minimum absolute atomic E-state index is 0.0451. The number of carbonyl (C=O) groups excluding carboxylic acids is 1. The van der Waals surface area contributed by atoms with Crippen LogP contribution >= 0.6 is 0 Å². The standard InChI is InChI=1S/C12H21F3N2O/c1-3-17(4-2)11(18)9-16-7-5-6-10(8-16)12(13,14)15/h10H,3-9H2,1-2H3/t10-/m0/s1. The van der Waals surface area contributed by atoms with Gasteiger partial charge in [0.1, 0.15) is 0 Å². The fourth-order valence-electron chi connectivity index (χ4n) is 2.33. The van der Waals surface area contributed by atoms with E-state index < -0.39 is 12.1 Å². The Morgan fingerprint density at radius 3 is 2.44 bits per heavy atom. The number of halogens is 3. The van der Waals surface area contributed by atoms with Crippen LogP contribution in [0.1, 0.15) is 26.7 Å². The Morgan fingerprint density at radius 2 is 1.94 bits per heavy atom. The molecule has 3 nitrogen and oxygen atoms in total. The molecule has 0 bridgehead atoms. The molecule has 0 unspecified atom stereocenters. The van der Waals surface area contributed by atoms with E-state index in [0.717, 1.165) is 0 Å². The van der Waals surface area contributed by atoms with Crippen LogP contribution < -0.4 is 0 Å². The quantitative estimate of drug-likeness (QED) is 0.778. The van der Waals surface area contributed by atoms with E-state index in [1.807, 2.05) is 13.8 Å². The van der Waals surface area contributed by atoms with Crippen LogP contribution in [0.15, 0.2) is 0 Å². The Labute approximate surface area is 106 Å². The Kier molecular flexibility index (Phi) is 5.44. The molecular weight excluding hydrogens is 245 g/mol. The lowest BCUT2D eigenvalue weighted by atomic mass is 9.97. The third-order valence-electron chi connectivity index (χ3n) is 3.44. The lowest BCUT2D eigenvalue weighted by molar-refractivity contribution is -0.187. The Balaban J connectivity index is 2.50. The topological polar surface area (TPSA) is 23.6 Å². The molecule has 1 aliphatic heterocycles. The Hall–Kier alpha value is -0.780. The van der Waals surface area contributed by atoms with Gasteiger partial charge in [-0.25, -0.2) is 0 Å². The number of amides is 1. The highest BCUT2D eigenvalue weighted by Crippen LogP contribution is 2.32. The molecule has 0 aromatic heterocycles. The molecule has 1 rings (SSSR count). The van der Waals surface area contributed by atoms with Crippen molar-refractivity contribution in [3.8, 4) is 0 Å². The normalized spacial score (nSPS) is 21.9. The first-order chi connectivity index (χ1) is 8.38. The molecule has 1 fully saturated rings. The van der Waals surface area contributed by atoms with Crippen LogP contribution in [0.3, 0.4) is 0 Å². The number of hydrogen-bond acceptors (Lipinski definition) is 2. The van der Waals surface area contributed by atoms with Gasteiger partial charge in [0, 0.05) is 19.6 Å². The van der Waals surface area contributed by atoms with Crippen molar-refractivity contribution in [3.05, 3.63) is 0 Å². The molecule has 18 heavy (non-hydrogen) atoms. The second-order valence-corrected chi connectivity index (χ2v) is 4.68. The van der Waals surface area contributed by atoms with Crippen molar-refractivity contribution in [2.45, 2.75) is 32.9 Å². The summed E-state index contributed by atoms with van der Waals surface area (Å²) in [5, 5.41) is 0. The van der Waals surface area contributed by atoms with Gasteiger partial charge >= 0.3 is 6.18 Å². The summed E-state index contributed by atoms with van der Waals surface area (Å²) in [5.41, 5.74) is 0. The maximum absolute atomic E-state index is 12.6. The summed E-state index contributed by atoms with van der Waals surface area (Å²) in [6.45, 7) is 5.59. The predicted molar refractivity (Wildman–Crippen MR) is 63.1 cm³/mol. The van der Waals surface area contributed by atoms with Crippen molar-refractivity contribution in [3.63, 3.8) is 0 Å². The largest absolute Gasteiger partial charge is 0.393 e. The van der Waals surface area contributed by atoms with Gasteiger partial charge in [-0.3, -0.25) is 9.69 Å². The highest BCUT2D eigenvalue weighted by molar-refractivity contribution is 5.78. The van der Waals surface area contributed by atoms with E-state index in [4.69, 9.17) is 0 Å². The second kappa shape index (κ2) is 6.41. The zero-order chi connectivity index (χ0) is 13.8. The maximum Gasteiger partial charge on any atom is 0.393 e. The van der Waals surface area contributed by atoms with E-state index in [1.165, 1.54) is 0 Å². The average molecular weight is 266 g/mol. The van der Waals surface area contributed by atoms with Crippen LogP contribution in [-0.2, 0) is 4.79 Å². The van der Waals surface area contributed by atoms with Crippen molar-refractivity contribution >= 4 is 5.91 Å². The van der Waals surface area contributed by atoms with Gasteiger partial charge in [0.15, 0.2) is 0 Å². The van der Waals surface area contributed by atoms with Crippen LogP contribution in [0.5, 0.6) is 0 Å². The van der Waals surface area contributed by atoms with Gasteiger partial charge in [-0.15, -0.1) is 0 Å². The molecule has 1 amide bonds. The molecule has 1 heterocycles. The molecule has 0 spiro atoms. The third-order valence-corrected chi connectivity index (χ3v) is 3.44. The summed E-state index contributed by atoms with van der Waals surface area (Å²) in [6, 6.07) is 0. The number of nitrogens with zero attached hydrogens (tertiary/aromatic N) is 2. The molecule has 0 N–H and O–H groups in total. The average Bonchev–Trinajstić information content (AvgIpc) is 2.29. The zero-order valence-corrected chi connectivity index (χ0v) is 11.0.